The standard InChI is InChI=1S/C18H27NO/c19-14-18(9-2-1-3-10-18)17-6-4-5-16(13-17)15-7-11-20-12-8-15/h4-6,13,15H,1-3,7-12,14,19H2. The maximum atomic E-state index is 6.18. The van der Waals surface area contributed by atoms with E-state index < -0.39 is 0 Å². The lowest BCUT2D eigenvalue weighted by Gasteiger charge is -2.37. The summed E-state index contributed by atoms with van der Waals surface area (Å²) in [5, 5.41) is 0. The summed E-state index contributed by atoms with van der Waals surface area (Å²) in [4.78, 5) is 0. The maximum absolute atomic E-state index is 6.18. The molecular formula is C18H27NO. The molecule has 2 fully saturated rings. The van der Waals surface area contributed by atoms with Gasteiger partial charge in [0.1, 0.15) is 0 Å². The molecule has 2 N–H and O–H groups in total. The lowest BCUT2D eigenvalue weighted by molar-refractivity contribution is 0.0853. The molecule has 1 aromatic carbocycles. The van der Waals surface area contributed by atoms with E-state index >= 15 is 0 Å². The zero-order valence-corrected chi connectivity index (χ0v) is 12.4. The first-order valence-electron chi connectivity index (χ1n) is 8.22. The van der Waals surface area contributed by atoms with Crippen molar-refractivity contribution in [2.75, 3.05) is 19.8 Å². The molecular weight excluding hydrogens is 246 g/mol. The van der Waals surface area contributed by atoms with Crippen LogP contribution in [0.3, 0.4) is 0 Å². The Morgan fingerprint density at radius 2 is 1.85 bits per heavy atom. The molecule has 1 aliphatic heterocycles. The van der Waals surface area contributed by atoms with E-state index in [1.807, 2.05) is 0 Å². The highest BCUT2D eigenvalue weighted by Gasteiger charge is 2.32. The molecule has 0 unspecified atom stereocenters. The van der Waals surface area contributed by atoms with Gasteiger partial charge < -0.3 is 10.5 Å². The summed E-state index contributed by atoms with van der Waals surface area (Å²) in [6, 6.07) is 9.30. The van der Waals surface area contributed by atoms with Crippen LogP contribution in [0.25, 0.3) is 0 Å². The van der Waals surface area contributed by atoms with Gasteiger partial charge in [0.2, 0.25) is 0 Å². The van der Waals surface area contributed by atoms with Crippen molar-refractivity contribution in [1.29, 1.82) is 0 Å². The fraction of sp³-hybridized carbons (Fsp3) is 0.667. The summed E-state index contributed by atoms with van der Waals surface area (Å²) in [6.45, 7) is 2.62. The van der Waals surface area contributed by atoms with E-state index in [-0.39, 0.29) is 5.41 Å². The minimum Gasteiger partial charge on any atom is -0.381 e. The molecule has 1 saturated heterocycles. The van der Waals surface area contributed by atoms with Gasteiger partial charge in [-0.3, -0.25) is 0 Å². The molecule has 0 atom stereocenters. The summed E-state index contributed by atoms with van der Waals surface area (Å²) in [5.74, 6) is 0.683. The van der Waals surface area contributed by atoms with Gasteiger partial charge in [0.25, 0.3) is 0 Å². The molecule has 0 spiro atoms. The SMILES string of the molecule is NCC1(c2cccc(C3CCOCC3)c2)CCCCC1. The molecule has 2 aliphatic rings. The van der Waals surface area contributed by atoms with Crippen molar-refractivity contribution in [2.24, 2.45) is 5.73 Å². The molecule has 1 aliphatic carbocycles. The molecule has 1 heterocycles. The molecule has 2 heteroatoms. The first-order chi connectivity index (χ1) is 9.84. The van der Waals surface area contributed by atoms with Crippen LogP contribution in [0.1, 0.15) is 62.0 Å². The van der Waals surface area contributed by atoms with Gasteiger partial charge in [0, 0.05) is 25.2 Å². The highest BCUT2D eigenvalue weighted by atomic mass is 16.5. The van der Waals surface area contributed by atoms with Crippen molar-refractivity contribution >= 4 is 0 Å². The fourth-order valence-corrected chi connectivity index (χ4v) is 3.99. The van der Waals surface area contributed by atoms with Crippen molar-refractivity contribution in [2.45, 2.75) is 56.3 Å². The molecule has 3 rings (SSSR count). The number of benzene rings is 1. The molecule has 0 amide bonds. The normalized spacial score (nSPS) is 23.6. The third-order valence-corrected chi connectivity index (χ3v) is 5.39. The Hall–Kier alpha value is -0.860. The highest BCUT2D eigenvalue weighted by Crippen LogP contribution is 2.40. The number of ether oxygens (including phenoxy) is 1. The number of hydrogen-bond acceptors (Lipinski definition) is 2. The Morgan fingerprint density at radius 1 is 1.10 bits per heavy atom. The molecule has 1 saturated carbocycles. The van der Waals surface area contributed by atoms with Crippen LogP contribution in [-0.2, 0) is 10.2 Å². The van der Waals surface area contributed by atoms with Crippen LogP contribution in [0, 0.1) is 0 Å². The molecule has 2 nitrogen and oxygen atoms in total. The van der Waals surface area contributed by atoms with Gasteiger partial charge in [-0.15, -0.1) is 0 Å². The van der Waals surface area contributed by atoms with E-state index in [4.69, 9.17) is 10.5 Å². The van der Waals surface area contributed by atoms with Crippen molar-refractivity contribution in [3.05, 3.63) is 35.4 Å². The summed E-state index contributed by atoms with van der Waals surface area (Å²) in [7, 11) is 0. The summed E-state index contributed by atoms with van der Waals surface area (Å²) >= 11 is 0. The van der Waals surface area contributed by atoms with Gasteiger partial charge in [-0.1, -0.05) is 43.5 Å². The van der Waals surface area contributed by atoms with E-state index in [1.165, 1.54) is 56.1 Å². The topological polar surface area (TPSA) is 35.2 Å². The molecule has 110 valence electrons. The molecule has 20 heavy (non-hydrogen) atoms. The van der Waals surface area contributed by atoms with E-state index in [0.29, 0.717) is 5.92 Å². The van der Waals surface area contributed by atoms with Gasteiger partial charge in [-0.2, -0.15) is 0 Å². The van der Waals surface area contributed by atoms with Crippen LogP contribution in [0.4, 0.5) is 0 Å². The molecule has 0 radical (unpaired) electrons. The van der Waals surface area contributed by atoms with Crippen LogP contribution in [0.2, 0.25) is 0 Å². The van der Waals surface area contributed by atoms with Crippen molar-refractivity contribution in [1.82, 2.24) is 0 Å². The van der Waals surface area contributed by atoms with E-state index in [0.717, 1.165) is 19.8 Å². The quantitative estimate of drug-likeness (QED) is 0.910. The third kappa shape index (κ3) is 2.77. The second kappa shape index (κ2) is 6.28. The maximum Gasteiger partial charge on any atom is 0.0471 e. The highest BCUT2D eigenvalue weighted by molar-refractivity contribution is 5.33. The van der Waals surface area contributed by atoms with Gasteiger partial charge >= 0.3 is 0 Å². The smallest absolute Gasteiger partial charge is 0.0471 e. The number of rotatable bonds is 3. The largest absolute Gasteiger partial charge is 0.381 e. The first-order valence-corrected chi connectivity index (χ1v) is 8.22. The Morgan fingerprint density at radius 3 is 2.55 bits per heavy atom. The monoisotopic (exact) mass is 273 g/mol. The average molecular weight is 273 g/mol. The Balaban J connectivity index is 1.85. The van der Waals surface area contributed by atoms with E-state index in [2.05, 4.69) is 24.3 Å². The third-order valence-electron chi connectivity index (χ3n) is 5.39. The lowest BCUT2D eigenvalue weighted by atomic mass is 9.69. The predicted octanol–water partition coefficient (Wildman–Crippen LogP) is 3.74. The fourth-order valence-electron chi connectivity index (χ4n) is 3.99. The lowest BCUT2D eigenvalue weighted by Crippen LogP contribution is -2.37. The number of hydrogen-bond donors (Lipinski definition) is 1. The van der Waals surface area contributed by atoms with Crippen LogP contribution >= 0.6 is 0 Å². The van der Waals surface area contributed by atoms with Crippen LogP contribution in [0.5, 0.6) is 0 Å². The van der Waals surface area contributed by atoms with Crippen molar-refractivity contribution in [3.8, 4) is 0 Å². The minimum atomic E-state index is 0.249. The molecule has 1 aromatic rings. The van der Waals surface area contributed by atoms with Gasteiger partial charge in [-0.05, 0) is 42.7 Å². The first kappa shape index (κ1) is 14.1. The summed E-state index contributed by atoms with van der Waals surface area (Å²) < 4.78 is 5.49. The zero-order valence-electron chi connectivity index (χ0n) is 12.4. The second-order valence-corrected chi connectivity index (χ2v) is 6.56. The Kier molecular flexibility index (Phi) is 4.42. The Bertz CT molecular complexity index is 431. The van der Waals surface area contributed by atoms with Gasteiger partial charge in [0.15, 0.2) is 0 Å². The van der Waals surface area contributed by atoms with Gasteiger partial charge in [0.05, 0.1) is 0 Å². The number of nitrogens with two attached hydrogens (primary N) is 1. The van der Waals surface area contributed by atoms with Crippen molar-refractivity contribution < 1.29 is 4.74 Å². The summed E-state index contributed by atoms with van der Waals surface area (Å²) in [6.07, 6.45) is 8.90. The van der Waals surface area contributed by atoms with Gasteiger partial charge in [-0.25, -0.2) is 0 Å². The van der Waals surface area contributed by atoms with Crippen molar-refractivity contribution in [3.63, 3.8) is 0 Å². The minimum absolute atomic E-state index is 0.249. The van der Waals surface area contributed by atoms with Crippen LogP contribution in [-0.4, -0.2) is 19.8 Å². The Labute approximate surface area is 122 Å². The van der Waals surface area contributed by atoms with E-state index in [1.54, 1.807) is 0 Å². The average Bonchev–Trinajstić information content (AvgIpc) is 2.56. The van der Waals surface area contributed by atoms with E-state index in [9.17, 15) is 0 Å². The zero-order chi connectivity index (χ0) is 13.8. The van der Waals surface area contributed by atoms with Crippen LogP contribution in [0.15, 0.2) is 24.3 Å². The summed E-state index contributed by atoms with van der Waals surface area (Å²) in [5.41, 5.74) is 9.42. The predicted molar refractivity (Wildman–Crippen MR) is 83.1 cm³/mol. The second-order valence-electron chi connectivity index (χ2n) is 6.56. The molecule has 0 aromatic heterocycles. The molecule has 0 bridgehead atoms. The van der Waals surface area contributed by atoms with Crippen LogP contribution < -0.4 is 5.73 Å².